The molecular formula is C28H35F2N3O4. The zero-order valence-electron chi connectivity index (χ0n) is 21.5. The number of nitrogens with zero attached hydrogens (tertiary/aromatic N) is 1. The molecule has 1 heterocycles. The molecule has 0 aliphatic carbocycles. The highest BCUT2D eigenvalue weighted by Crippen LogP contribution is 2.24. The second-order valence-electron chi connectivity index (χ2n) is 10.5. The van der Waals surface area contributed by atoms with Crippen LogP contribution < -0.4 is 15.5 Å². The van der Waals surface area contributed by atoms with Crippen LogP contribution >= 0.6 is 0 Å². The van der Waals surface area contributed by atoms with E-state index in [9.17, 15) is 28.3 Å². The average molecular weight is 516 g/mol. The minimum absolute atomic E-state index is 0.0477. The quantitative estimate of drug-likeness (QED) is 0.446. The standard InChI is InChI=1S/C28H35F2N3O4/c1-18(27(36)37)16-24(26(35)32-28(2,3)17-19-4-6-21(29)7-5-19)31-25(34)20-12-14-33(15-13-20)23-10-8-22(30)9-11-23/h4-11,18,20,24H,12-17H2,1-3H3,(H,31,34)(H,32,35)(H,36,37)/t18?,24-/m0/s1. The van der Waals surface area contributed by atoms with Crippen molar-refractivity contribution in [1.29, 1.82) is 0 Å². The van der Waals surface area contributed by atoms with E-state index in [1.54, 1.807) is 24.3 Å². The van der Waals surface area contributed by atoms with E-state index in [-0.39, 0.29) is 29.9 Å². The van der Waals surface area contributed by atoms with Gasteiger partial charge in [0.05, 0.1) is 5.92 Å². The molecule has 3 rings (SSSR count). The normalized spacial score (nSPS) is 16.1. The number of carboxylic acids is 1. The van der Waals surface area contributed by atoms with Crippen molar-refractivity contribution in [3.05, 3.63) is 65.7 Å². The summed E-state index contributed by atoms with van der Waals surface area (Å²) in [5.41, 5.74) is 1.00. The summed E-state index contributed by atoms with van der Waals surface area (Å²) in [4.78, 5) is 39.9. The molecule has 0 radical (unpaired) electrons. The SMILES string of the molecule is CC(C[C@H](NC(=O)C1CCN(c2ccc(F)cc2)CC1)C(=O)NC(C)(C)Cc1ccc(F)cc1)C(=O)O. The number of benzene rings is 2. The minimum atomic E-state index is -1.05. The summed E-state index contributed by atoms with van der Waals surface area (Å²) < 4.78 is 26.5. The van der Waals surface area contributed by atoms with E-state index < -0.39 is 29.4 Å². The lowest BCUT2D eigenvalue weighted by Gasteiger charge is -2.34. The first-order valence-corrected chi connectivity index (χ1v) is 12.5. The number of hydrogen-bond donors (Lipinski definition) is 3. The summed E-state index contributed by atoms with van der Waals surface area (Å²) >= 11 is 0. The van der Waals surface area contributed by atoms with Gasteiger partial charge >= 0.3 is 5.97 Å². The van der Waals surface area contributed by atoms with Crippen molar-refractivity contribution >= 4 is 23.5 Å². The molecule has 0 spiro atoms. The molecule has 2 atom stereocenters. The summed E-state index contributed by atoms with van der Waals surface area (Å²) in [7, 11) is 0. The third kappa shape index (κ3) is 8.27. The Morgan fingerprint density at radius 3 is 2.08 bits per heavy atom. The fourth-order valence-electron chi connectivity index (χ4n) is 4.60. The van der Waals surface area contributed by atoms with Gasteiger partial charge in [-0.05, 0) is 81.5 Å². The lowest BCUT2D eigenvalue weighted by atomic mass is 9.92. The molecule has 200 valence electrons. The van der Waals surface area contributed by atoms with Crippen LogP contribution in [0.25, 0.3) is 0 Å². The van der Waals surface area contributed by atoms with Gasteiger partial charge in [0, 0.05) is 30.2 Å². The van der Waals surface area contributed by atoms with Gasteiger partial charge in [-0.3, -0.25) is 14.4 Å². The van der Waals surface area contributed by atoms with Gasteiger partial charge in [-0.2, -0.15) is 0 Å². The second kappa shape index (κ2) is 12.2. The van der Waals surface area contributed by atoms with Gasteiger partial charge in [0.25, 0.3) is 0 Å². The highest BCUT2D eigenvalue weighted by Gasteiger charge is 2.33. The van der Waals surface area contributed by atoms with Gasteiger partial charge in [-0.1, -0.05) is 19.1 Å². The average Bonchev–Trinajstić information content (AvgIpc) is 2.85. The van der Waals surface area contributed by atoms with Crippen LogP contribution in [0.1, 0.15) is 45.6 Å². The molecule has 0 saturated carbocycles. The maximum atomic E-state index is 13.2. The van der Waals surface area contributed by atoms with Crippen molar-refractivity contribution in [2.45, 2.75) is 58.0 Å². The van der Waals surface area contributed by atoms with Crippen molar-refractivity contribution in [2.24, 2.45) is 11.8 Å². The van der Waals surface area contributed by atoms with E-state index in [1.165, 1.54) is 31.2 Å². The first-order chi connectivity index (χ1) is 17.4. The minimum Gasteiger partial charge on any atom is -0.481 e. The molecule has 1 saturated heterocycles. The van der Waals surface area contributed by atoms with E-state index in [2.05, 4.69) is 15.5 Å². The predicted octanol–water partition coefficient (Wildman–Crippen LogP) is 3.91. The molecule has 1 aliphatic rings. The fraction of sp³-hybridized carbons (Fsp3) is 0.464. The largest absolute Gasteiger partial charge is 0.481 e. The molecule has 1 fully saturated rings. The van der Waals surface area contributed by atoms with E-state index in [1.807, 2.05) is 13.8 Å². The molecular weight excluding hydrogens is 480 g/mol. The van der Waals surface area contributed by atoms with Gasteiger partial charge in [0.1, 0.15) is 17.7 Å². The van der Waals surface area contributed by atoms with Crippen LogP contribution in [-0.2, 0) is 20.8 Å². The van der Waals surface area contributed by atoms with E-state index >= 15 is 0 Å². The molecule has 2 aromatic carbocycles. The summed E-state index contributed by atoms with van der Waals surface area (Å²) in [6.07, 6.45) is 1.49. The van der Waals surface area contributed by atoms with E-state index in [4.69, 9.17) is 0 Å². The maximum Gasteiger partial charge on any atom is 0.306 e. The maximum absolute atomic E-state index is 13.2. The lowest BCUT2D eigenvalue weighted by molar-refractivity contribution is -0.142. The summed E-state index contributed by atoms with van der Waals surface area (Å²) in [5.74, 6) is -3.61. The number of carbonyl (C=O) groups excluding carboxylic acids is 2. The molecule has 2 aromatic rings. The zero-order valence-corrected chi connectivity index (χ0v) is 21.5. The van der Waals surface area contributed by atoms with Crippen LogP contribution in [0.4, 0.5) is 14.5 Å². The second-order valence-corrected chi connectivity index (χ2v) is 10.5. The van der Waals surface area contributed by atoms with Gasteiger partial charge in [0.2, 0.25) is 11.8 Å². The summed E-state index contributed by atoms with van der Waals surface area (Å²) in [5, 5.41) is 15.1. The van der Waals surface area contributed by atoms with Crippen molar-refractivity contribution in [1.82, 2.24) is 10.6 Å². The van der Waals surface area contributed by atoms with Crippen molar-refractivity contribution in [3.8, 4) is 0 Å². The number of anilines is 1. The monoisotopic (exact) mass is 515 g/mol. The third-order valence-corrected chi connectivity index (χ3v) is 6.72. The number of nitrogens with one attached hydrogen (secondary N) is 2. The summed E-state index contributed by atoms with van der Waals surface area (Å²) in [6, 6.07) is 11.2. The van der Waals surface area contributed by atoms with E-state index in [0.717, 1.165) is 11.3 Å². The van der Waals surface area contributed by atoms with E-state index in [0.29, 0.717) is 32.4 Å². The molecule has 1 unspecified atom stereocenters. The molecule has 1 aliphatic heterocycles. The Hall–Kier alpha value is -3.49. The molecule has 0 aromatic heterocycles. The molecule has 7 nitrogen and oxygen atoms in total. The number of piperidine rings is 1. The Labute approximate surface area is 216 Å². The van der Waals surface area contributed by atoms with Gasteiger partial charge in [0.15, 0.2) is 0 Å². The molecule has 3 N–H and O–H groups in total. The molecule has 37 heavy (non-hydrogen) atoms. The smallest absolute Gasteiger partial charge is 0.306 e. The number of amides is 2. The Morgan fingerprint density at radius 2 is 1.54 bits per heavy atom. The van der Waals surface area contributed by atoms with Crippen molar-refractivity contribution in [3.63, 3.8) is 0 Å². The first-order valence-electron chi connectivity index (χ1n) is 12.5. The Kier molecular flexibility index (Phi) is 9.23. The van der Waals surface area contributed by atoms with Crippen LogP contribution in [0.2, 0.25) is 0 Å². The Bertz CT molecular complexity index is 1080. The van der Waals surface area contributed by atoms with Crippen LogP contribution in [0.3, 0.4) is 0 Å². The number of carbonyl (C=O) groups is 3. The van der Waals surface area contributed by atoms with Crippen LogP contribution in [0, 0.1) is 23.5 Å². The van der Waals surface area contributed by atoms with Crippen LogP contribution in [0.15, 0.2) is 48.5 Å². The number of carboxylic acid groups (broad SMARTS) is 1. The Balaban J connectivity index is 1.62. The third-order valence-electron chi connectivity index (χ3n) is 6.72. The number of halogens is 2. The number of hydrogen-bond acceptors (Lipinski definition) is 4. The highest BCUT2D eigenvalue weighted by atomic mass is 19.1. The van der Waals surface area contributed by atoms with Gasteiger partial charge in [-0.15, -0.1) is 0 Å². The van der Waals surface area contributed by atoms with Crippen molar-refractivity contribution in [2.75, 3.05) is 18.0 Å². The lowest BCUT2D eigenvalue weighted by Crippen LogP contribution is -2.55. The zero-order chi connectivity index (χ0) is 27.2. The van der Waals surface area contributed by atoms with Crippen LogP contribution in [0.5, 0.6) is 0 Å². The fourth-order valence-corrected chi connectivity index (χ4v) is 4.60. The number of rotatable bonds is 10. The van der Waals surface area contributed by atoms with Crippen molar-refractivity contribution < 1.29 is 28.3 Å². The predicted molar refractivity (Wildman–Crippen MR) is 137 cm³/mol. The molecule has 2 amide bonds. The Morgan fingerprint density at radius 1 is 1.00 bits per heavy atom. The van der Waals surface area contributed by atoms with Gasteiger partial charge < -0.3 is 20.6 Å². The first kappa shape index (κ1) is 28.1. The van der Waals surface area contributed by atoms with Gasteiger partial charge in [-0.25, -0.2) is 8.78 Å². The summed E-state index contributed by atoms with van der Waals surface area (Å²) in [6.45, 7) is 6.35. The highest BCUT2D eigenvalue weighted by molar-refractivity contribution is 5.89. The topological polar surface area (TPSA) is 98.7 Å². The molecule has 9 heteroatoms. The van der Waals surface area contributed by atoms with Crippen LogP contribution in [-0.4, -0.2) is 47.6 Å². The molecule has 0 bridgehead atoms. The number of aliphatic carboxylic acids is 1.